The first-order valence-electron chi connectivity index (χ1n) is 7.55. The lowest BCUT2D eigenvalue weighted by Gasteiger charge is -2.07. The van der Waals surface area contributed by atoms with Crippen LogP contribution in [0.25, 0.3) is 11.4 Å². The van der Waals surface area contributed by atoms with Crippen molar-refractivity contribution in [1.29, 1.82) is 0 Å². The van der Waals surface area contributed by atoms with Crippen LogP contribution in [0, 0.1) is 0 Å². The normalized spacial score (nSPS) is 10.6. The lowest BCUT2D eigenvalue weighted by atomic mass is 10.1. The Kier molecular flexibility index (Phi) is 5.63. The zero-order chi connectivity index (χ0) is 17.6. The Balaban J connectivity index is 1.78. The molecule has 0 aliphatic carbocycles. The molecule has 5 nitrogen and oxygen atoms in total. The van der Waals surface area contributed by atoms with Gasteiger partial charge < -0.3 is 0 Å². The molecule has 1 aromatic carbocycles. The lowest BCUT2D eigenvalue weighted by molar-refractivity contribution is 0.102. The van der Waals surface area contributed by atoms with E-state index in [0.29, 0.717) is 22.3 Å². The molecule has 0 atom stereocenters. The fourth-order valence-corrected chi connectivity index (χ4v) is 3.22. The number of nitrogens with zero attached hydrogens (tertiary/aromatic N) is 4. The van der Waals surface area contributed by atoms with Gasteiger partial charge in [-0.1, -0.05) is 29.4 Å². The van der Waals surface area contributed by atoms with E-state index in [-0.39, 0.29) is 11.5 Å². The summed E-state index contributed by atoms with van der Waals surface area (Å²) in [7, 11) is 0. The van der Waals surface area contributed by atoms with E-state index in [1.807, 2.05) is 16.7 Å². The fourth-order valence-electron chi connectivity index (χ4n) is 2.25. The van der Waals surface area contributed by atoms with E-state index in [4.69, 9.17) is 11.6 Å². The molecule has 0 radical (unpaired) electrons. The van der Waals surface area contributed by atoms with E-state index in [9.17, 15) is 4.79 Å². The van der Waals surface area contributed by atoms with Crippen LogP contribution in [0.1, 0.15) is 10.4 Å². The maximum Gasteiger partial charge on any atom is 0.192 e. The van der Waals surface area contributed by atoms with Crippen molar-refractivity contribution >= 4 is 29.1 Å². The third-order valence-corrected chi connectivity index (χ3v) is 4.68. The maximum atomic E-state index is 12.3. The van der Waals surface area contributed by atoms with Crippen molar-refractivity contribution < 1.29 is 4.79 Å². The molecule has 126 valence electrons. The fraction of sp³-hybridized carbons (Fsp3) is 0.111. The number of hydrogen-bond donors (Lipinski definition) is 0. The summed E-state index contributed by atoms with van der Waals surface area (Å²) in [6, 6.07) is 10.6. The van der Waals surface area contributed by atoms with Crippen LogP contribution in [0.2, 0.25) is 5.02 Å². The van der Waals surface area contributed by atoms with Crippen LogP contribution >= 0.6 is 23.4 Å². The van der Waals surface area contributed by atoms with Crippen molar-refractivity contribution in [2.24, 2.45) is 0 Å². The summed E-state index contributed by atoms with van der Waals surface area (Å²) in [5, 5.41) is 9.76. The van der Waals surface area contributed by atoms with E-state index in [1.54, 1.807) is 42.7 Å². The van der Waals surface area contributed by atoms with Crippen LogP contribution < -0.4 is 0 Å². The summed E-state index contributed by atoms with van der Waals surface area (Å²) in [5.41, 5.74) is 1.54. The number of allylic oxidation sites excluding steroid dienone is 1. The number of thioether (sulfide) groups is 1. The Morgan fingerprint density at radius 1 is 1.16 bits per heavy atom. The molecule has 0 aliphatic rings. The highest BCUT2D eigenvalue weighted by atomic mass is 35.5. The van der Waals surface area contributed by atoms with Crippen molar-refractivity contribution in [1.82, 2.24) is 19.7 Å². The van der Waals surface area contributed by atoms with Gasteiger partial charge in [0.15, 0.2) is 16.8 Å². The number of carbonyl (C=O) groups is 1. The van der Waals surface area contributed by atoms with Crippen LogP contribution in [0.15, 0.2) is 66.6 Å². The number of halogens is 1. The number of carbonyl (C=O) groups excluding carboxylic acids is 1. The van der Waals surface area contributed by atoms with Gasteiger partial charge in [0.05, 0.1) is 5.75 Å². The maximum absolute atomic E-state index is 12.3. The molecule has 0 amide bonds. The minimum absolute atomic E-state index is 0.0141. The van der Waals surface area contributed by atoms with Gasteiger partial charge in [0.2, 0.25) is 0 Å². The molecule has 0 spiro atoms. The highest BCUT2D eigenvalue weighted by molar-refractivity contribution is 7.99. The van der Waals surface area contributed by atoms with Crippen LogP contribution in [0.3, 0.4) is 0 Å². The van der Waals surface area contributed by atoms with Crippen molar-refractivity contribution in [2.75, 3.05) is 5.75 Å². The second-order valence-electron chi connectivity index (χ2n) is 5.16. The second-order valence-corrected chi connectivity index (χ2v) is 6.54. The molecule has 0 saturated heterocycles. The molecule has 25 heavy (non-hydrogen) atoms. The van der Waals surface area contributed by atoms with E-state index in [2.05, 4.69) is 21.8 Å². The molecule has 0 unspecified atom stereocenters. The zero-order valence-corrected chi connectivity index (χ0v) is 14.9. The molecule has 0 N–H and O–H groups in total. The first-order chi connectivity index (χ1) is 12.2. The smallest absolute Gasteiger partial charge is 0.192 e. The van der Waals surface area contributed by atoms with Crippen LogP contribution in [-0.4, -0.2) is 31.3 Å². The molecule has 3 rings (SSSR count). The Morgan fingerprint density at radius 3 is 2.56 bits per heavy atom. The van der Waals surface area contributed by atoms with Crippen molar-refractivity contribution in [3.05, 3.63) is 72.0 Å². The lowest BCUT2D eigenvalue weighted by Crippen LogP contribution is -2.05. The zero-order valence-electron chi connectivity index (χ0n) is 13.3. The Bertz CT molecular complexity index is 878. The van der Waals surface area contributed by atoms with E-state index in [0.717, 1.165) is 11.4 Å². The minimum atomic E-state index is 0.0141. The summed E-state index contributed by atoms with van der Waals surface area (Å²) in [6.45, 7) is 4.34. The quantitative estimate of drug-likeness (QED) is 0.355. The molecule has 7 heteroatoms. The van der Waals surface area contributed by atoms with Crippen LogP contribution in [0.5, 0.6) is 0 Å². The van der Waals surface area contributed by atoms with Gasteiger partial charge in [0, 0.05) is 35.1 Å². The number of rotatable bonds is 7. The molecule has 0 aliphatic heterocycles. The monoisotopic (exact) mass is 370 g/mol. The van der Waals surface area contributed by atoms with Gasteiger partial charge in [-0.15, -0.1) is 16.8 Å². The molecule has 0 saturated carbocycles. The second kappa shape index (κ2) is 8.09. The van der Waals surface area contributed by atoms with E-state index in [1.165, 1.54) is 11.8 Å². The highest BCUT2D eigenvalue weighted by Crippen LogP contribution is 2.24. The molecule has 2 aromatic heterocycles. The molecular weight excluding hydrogens is 356 g/mol. The van der Waals surface area contributed by atoms with Gasteiger partial charge in [-0.3, -0.25) is 14.3 Å². The summed E-state index contributed by atoms with van der Waals surface area (Å²) in [4.78, 5) is 16.3. The molecule has 0 bridgehead atoms. The molecular formula is C18H15ClN4OS. The Labute approximate surface area is 154 Å². The van der Waals surface area contributed by atoms with Gasteiger partial charge in [-0.05, 0) is 36.4 Å². The van der Waals surface area contributed by atoms with Gasteiger partial charge >= 0.3 is 0 Å². The molecule has 2 heterocycles. The third kappa shape index (κ3) is 4.15. The summed E-state index contributed by atoms with van der Waals surface area (Å²) in [5.74, 6) is 1.01. The van der Waals surface area contributed by atoms with Crippen molar-refractivity contribution in [2.45, 2.75) is 11.7 Å². The Morgan fingerprint density at radius 2 is 1.88 bits per heavy atom. The number of pyridine rings is 1. The number of Topliss-reactive ketones (excluding diaryl/α,β-unsaturated/α-hetero) is 1. The average molecular weight is 371 g/mol. The van der Waals surface area contributed by atoms with E-state index < -0.39 is 0 Å². The topological polar surface area (TPSA) is 60.7 Å². The van der Waals surface area contributed by atoms with Gasteiger partial charge in [-0.25, -0.2) is 0 Å². The van der Waals surface area contributed by atoms with Crippen molar-refractivity contribution in [3.63, 3.8) is 0 Å². The first-order valence-corrected chi connectivity index (χ1v) is 8.91. The Hall–Kier alpha value is -2.44. The molecule has 3 aromatic rings. The van der Waals surface area contributed by atoms with Crippen LogP contribution in [0.4, 0.5) is 0 Å². The standard InChI is InChI=1S/C18H15ClN4OS/c1-2-11-23-17(14-7-9-20-10-8-14)21-22-18(23)25-12-16(24)13-3-5-15(19)6-4-13/h2-10H,1,11-12H2. The third-order valence-electron chi connectivity index (χ3n) is 3.47. The first kappa shape index (κ1) is 17.4. The summed E-state index contributed by atoms with van der Waals surface area (Å²) in [6.07, 6.45) is 5.19. The predicted molar refractivity (Wildman–Crippen MR) is 100.0 cm³/mol. The largest absolute Gasteiger partial charge is 0.298 e. The SMILES string of the molecule is C=CCn1c(SCC(=O)c2ccc(Cl)cc2)nnc1-c1ccncc1. The van der Waals surface area contributed by atoms with Crippen LogP contribution in [-0.2, 0) is 6.54 Å². The van der Waals surface area contributed by atoms with Gasteiger partial charge in [0.25, 0.3) is 0 Å². The predicted octanol–water partition coefficient (Wildman–Crippen LogP) is 4.15. The van der Waals surface area contributed by atoms with Crippen molar-refractivity contribution in [3.8, 4) is 11.4 Å². The number of benzene rings is 1. The van der Waals surface area contributed by atoms with Gasteiger partial charge in [0.1, 0.15) is 0 Å². The average Bonchev–Trinajstić information content (AvgIpc) is 3.04. The van der Waals surface area contributed by atoms with E-state index >= 15 is 0 Å². The highest BCUT2D eigenvalue weighted by Gasteiger charge is 2.15. The summed E-state index contributed by atoms with van der Waals surface area (Å²) < 4.78 is 1.93. The summed E-state index contributed by atoms with van der Waals surface area (Å²) >= 11 is 7.21. The van der Waals surface area contributed by atoms with Gasteiger partial charge in [-0.2, -0.15) is 0 Å². The minimum Gasteiger partial charge on any atom is -0.298 e. The number of aromatic nitrogens is 4. The molecule has 0 fully saturated rings. The number of hydrogen-bond acceptors (Lipinski definition) is 5. The number of ketones is 1.